The number of hydrogen-bond donors (Lipinski definition) is 2. The SMILES string of the molecule is CC(C)(C1CCN(C(=O)c2ccccc2F)CC1)C(O)c1cc(Cl)cc2cn[nH]c12. The summed E-state index contributed by atoms with van der Waals surface area (Å²) in [7, 11) is 0. The minimum absolute atomic E-state index is 0.107. The summed E-state index contributed by atoms with van der Waals surface area (Å²) in [5.41, 5.74) is 1.17. The van der Waals surface area contributed by atoms with E-state index in [2.05, 4.69) is 10.2 Å². The highest BCUT2D eigenvalue weighted by atomic mass is 35.5. The van der Waals surface area contributed by atoms with E-state index in [0.29, 0.717) is 18.1 Å². The Labute approximate surface area is 179 Å². The second-order valence-corrected chi connectivity index (χ2v) is 9.04. The number of hydrogen-bond acceptors (Lipinski definition) is 3. The first kappa shape index (κ1) is 20.8. The second-order valence-electron chi connectivity index (χ2n) is 8.60. The normalized spacial score (nSPS) is 16.8. The standard InChI is InChI=1S/C23H25ClFN3O2/c1-23(2,21(29)18-12-16(24)11-14-13-26-27-20(14)18)15-7-9-28(10-8-15)22(30)17-5-3-4-6-19(17)25/h3-6,11-13,15,21,29H,7-10H2,1-2H3,(H,26,27). The van der Waals surface area contributed by atoms with Gasteiger partial charge in [0.1, 0.15) is 5.82 Å². The zero-order valence-corrected chi connectivity index (χ0v) is 17.8. The van der Waals surface area contributed by atoms with E-state index in [0.717, 1.165) is 29.3 Å². The Morgan fingerprint density at radius 2 is 2.00 bits per heavy atom. The number of amides is 1. The van der Waals surface area contributed by atoms with Crippen LogP contribution in [0.3, 0.4) is 0 Å². The number of nitrogens with one attached hydrogen (secondary N) is 1. The predicted molar refractivity (Wildman–Crippen MR) is 115 cm³/mol. The zero-order valence-electron chi connectivity index (χ0n) is 17.0. The van der Waals surface area contributed by atoms with Crippen LogP contribution in [-0.4, -0.2) is 39.2 Å². The third-order valence-corrected chi connectivity index (χ3v) is 6.70. The van der Waals surface area contributed by atoms with Gasteiger partial charge >= 0.3 is 0 Å². The van der Waals surface area contributed by atoms with E-state index >= 15 is 0 Å². The Morgan fingerprint density at radius 3 is 2.70 bits per heavy atom. The highest BCUT2D eigenvalue weighted by Gasteiger charge is 2.40. The number of halogens is 2. The van der Waals surface area contributed by atoms with Gasteiger partial charge in [0.15, 0.2) is 0 Å². The highest BCUT2D eigenvalue weighted by Crippen LogP contribution is 2.46. The van der Waals surface area contributed by atoms with Gasteiger partial charge in [0.2, 0.25) is 0 Å². The molecule has 4 rings (SSSR count). The first-order chi connectivity index (χ1) is 14.3. The van der Waals surface area contributed by atoms with Gasteiger partial charge in [-0.15, -0.1) is 0 Å². The minimum Gasteiger partial charge on any atom is -0.388 e. The van der Waals surface area contributed by atoms with Crippen molar-refractivity contribution in [3.8, 4) is 0 Å². The molecule has 1 atom stereocenters. The topological polar surface area (TPSA) is 69.2 Å². The third-order valence-electron chi connectivity index (χ3n) is 6.48. The van der Waals surface area contributed by atoms with Gasteiger partial charge < -0.3 is 10.0 Å². The van der Waals surface area contributed by atoms with Gasteiger partial charge in [0, 0.05) is 29.1 Å². The third kappa shape index (κ3) is 3.70. The molecule has 7 heteroatoms. The lowest BCUT2D eigenvalue weighted by molar-refractivity contribution is -0.0165. The summed E-state index contributed by atoms with van der Waals surface area (Å²) in [6, 6.07) is 9.67. The quantitative estimate of drug-likeness (QED) is 0.615. The molecule has 30 heavy (non-hydrogen) atoms. The van der Waals surface area contributed by atoms with Crippen LogP contribution < -0.4 is 0 Å². The fraction of sp³-hybridized carbons (Fsp3) is 0.391. The number of carbonyl (C=O) groups excluding carboxylic acids is 1. The molecule has 0 aliphatic carbocycles. The molecule has 1 unspecified atom stereocenters. The van der Waals surface area contributed by atoms with E-state index in [9.17, 15) is 14.3 Å². The molecule has 1 amide bonds. The summed E-state index contributed by atoms with van der Waals surface area (Å²) in [6.45, 7) is 5.14. The van der Waals surface area contributed by atoms with E-state index in [1.165, 1.54) is 12.1 Å². The van der Waals surface area contributed by atoms with E-state index in [1.807, 2.05) is 19.9 Å². The van der Waals surface area contributed by atoms with E-state index in [4.69, 9.17) is 11.6 Å². The fourth-order valence-corrected chi connectivity index (χ4v) is 4.75. The van der Waals surface area contributed by atoms with Crippen molar-refractivity contribution in [3.63, 3.8) is 0 Å². The van der Waals surface area contributed by atoms with Gasteiger partial charge in [0.05, 0.1) is 23.4 Å². The molecule has 0 spiro atoms. The Bertz CT molecular complexity index is 1070. The number of rotatable bonds is 4. The Balaban J connectivity index is 1.50. The predicted octanol–water partition coefficient (Wildman–Crippen LogP) is 4.97. The Kier molecular flexibility index (Phi) is 5.55. The number of aromatic amines is 1. The number of benzene rings is 2. The maximum Gasteiger partial charge on any atom is 0.256 e. The van der Waals surface area contributed by atoms with Crippen LogP contribution in [0.5, 0.6) is 0 Å². The van der Waals surface area contributed by atoms with Gasteiger partial charge in [-0.25, -0.2) is 4.39 Å². The lowest BCUT2D eigenvalue weighted by Gasteiger charge is -2.43. The van der Waals surface area contributed by atoms with Crippen LogP contribution in [0.2, 0.25) is 5.02 Å². The van der Waals surface area contributed by atoms with Crippen LogP contribution >= 0.6 is 11.6 Å². The minimum atomic E-state index is -0.752. The van der Waals surface area contributed by atoms with Gasteiger partial charge in [-0.3, -0.25) is 9.89 Å². The summed E-state index contributed by atoms with van der Waals surface area (Å²) >= 11 is 6.26. The number of H-pyrrole nitrogens is 1. The van der Waals surface area contributed by atoms with Gasteiger partial charge in [-0.05, 0) is 48.4 Å². The molecule has 1 saturated heterocycles. The molecule has 1 aromatic heterocycles. The molecule has 1 aliphatic heterocycles. The summed E-state index contributed by atoms with van der Waals surface area (Å²) in [6.07, 6.45) is 2.41. The van der Waals surface area contributed by atoms with Crippen molar-refractivity contribution in [1.29, 1.82) is 0 Å². The number of carbonyl (C=O) groups is 1. The van der Waals surface area contributed by atoms with Gasteiger partial charge in [0.25, 0.3) is 5.91 Å². The Hall–Kier alpha value is -2.44. The molecule has 2 heterocycles. The zero-order chi connectivity index (χ0) is 21.5. The van der Waals surface area contributed by atoms with Crippen molar-refractivity contribution >= 4 is 28.4 Å². The van der Waals surface area contributed by atoms with Crippen molar-refractivity contribution in [2.45, 2.75) is 32.8 Å². The maximum atomic E-state index is 14.0. The van der Waals surface area contributed by atoms with Crippen LogP contribution in [0, 0.1) is 17.2 Å². The molecule has 1 aliphatic rings. The average Bonchev–Trinajstić information content (AvgIpc) is 3.21. The monoisotopic (exact) mass is 429 g/mol. The van der Waals surface area contributed by atoms with Crippen LogP contribution in [-0.2, 0) is 0 Å². The molecule has 1 fully saturated rings. The summed E-state index contributed by atoms with van der Waals surface area (Å²) in [4.78, 5) is 14.4. The molecule has 0 bridgehead atoms. The van der Waals surface area contributed by atoms with Crippen molar-refractivity contribution in [1.82, 2.24) is 15.1 Å². The number of aliphatic hydroxyl groups is 1. The summed E-state index contributed by atoms with van der Waals surface area (Å²) < 4.78 is 14.0. The van der Waals surface area contributed by atoms with Crippen LogP contribution in [0.25, 0.3) is 10.9 Å². The second kappa shape index (κ2) is 8.00. The number of aliphatic hydroxyl groups excluding tert-OH is 1. The first-order valence-electron chi connectivity index (χ1n) is 10.1. The average molecular weight is 430 g/mol. The molecule has 0 radical (unpaired) electrons. The molecular weight excluding hydrogens is 405 g/mol. The van der Waals surface area contributed by atoms with Crippen LogP contribution in [0.1, 0.15) is 48.7 Å². The van der Waals surface area contributed by atoms with Gasteiger partial charge in [-0.2, -0.15) is 5.10 Å². The number of fused-ring (bicyclic) bond motifs is 1. The lowest BCUT2D eigenvalue weighted by Crippen LogP contribution is -2.43. The number of likely N-dealkylation sites (tertiary alicyclic amines) is 1. The molecule has 2 N–H and O–H groups in total. The van der Waals surface area contributed by atoms with Crippen molar-refractivity contribution in [2.75, 3.05) is 13.1 Å². The first-order valence-corrected chi connectivity index (χ1v) is 10.5. The van der Waals surface area contributed by atoms with Crippen molar-refractivity contribution in [2.24, 2.45) is 11.3 Å². The molecule has 158 valence electrons. The molecule has 2 aromatic carbocycles. The largest absolute Gasteiger partial charge is 0.388 e. The Morgan fingerprint density at radius 1 is 1.30 bits per heavy atom. The number of piperidine rings is 1. The van der Waals surface area contributed by atoms with Crippen molar-refractivity contribution in [3.05, 3.63) is 64.6 Å². The highest BCUT2D eigenvalue weighted by molar-refractivity contribution is 6.31. The van der Waals surface area contributed by atoms with E-state index in [1.54, 1.807) is 29.3 Å². The number of nitrogens with zero attached hydrogens (tertiary/aromatic N) is 2. The number of aromatic nitrogens is 2. The van der Waals surface area contributed by atoms with Crippen molar-refractivity contribution < 1.29 is 14.3 Å². The molecular formula is C23H25ClFN3O2. The molecule has 3 aromatic rings. The summed E-state index contributed by atoms with van der Waals surface area (Å²) in [5.74, 6) is -0.585. The lowest BCUT2D eigenvalue weighted by atomic mass is 9.68. The van der Waals surface area contributed by atoms with Crippen LogP contribution in [0.4, 0.5) is 4.39 Å². The van der Waals surface area contributed by atoms with Gasteiger partial charge in [-0.1, -0.05) is 37.6 Å². The fourth-order valence-electron chi connectivity index (χ4n) is 4.52. The molecule has 0 saturated carbocycles. The summed E-state index contributed by atoms with van der Waals surface area (Å²) in [5, 5.41) is 19.7. The maximum absolute atomic E-state index is 14.0. The molecule has 5 nitrogen and oxygen atoms in total. The smallest absolute Gasteiger partial charge is 0.256 e. The van der Waals surface area contributed by atoms with E-state index in [-0.39, 0.29) is 17.4 Å². The van der Waals surface area contributed by atoms with Crippen LogP contribution in [0.15, 0.2) is 42.6 Å². The van der Waals surface area contributed by atoms with E-state index < -0.39 is 17.3 Å².